The lowest BCUT2D eigenvalue weighted by atomic mass is 10.1. The third kappa shape index (κ3) is 3.97. The van der Waals surface area contributed by atoms with Crippen molar-refractivity contribution in [3.05, 3.63) is 72.3 Å². The minimum atomic E-state index is -0.566. The van der Waals surface area contributed by atoms with Gasteiger partial charge in [0.1, 0.15) is 11.5 Å². The lowest BCUT2D eigenvalue weighted by molar-refractivity contribution is -0.137. The standard InChI is InChI=1S/C22H23NO3/c1-16(26-21-10-6-8-18-7-4-5-9-20(18)21)22(24)23(2)15-17-11-13-19(25-3)14-12-17/h4-14,16H,15H2,1-3H3. The number of fused-ring (bicyclic) bond motifs is 1. The minimum absolute atomic E-state index is 0.0613. The van der Waals surface area contributed by atoms with Crippen molar-refractivity contribution in [3.63, 3.8) is 0 Å². The number of carbonyl (C=O) groups excluding carboxylic acids is 1. The van der Waals surface area contributed by atoms with E-state index in [4.69, 9.17) is 9.47 Å². The van der Waals surface area contributed by atoms with Crippen LogP contribution in [0.1, 0.15) is 12.5 Å². The smallest absolute Gasteiger partial charge is 0.263 e. The van der Waals surface area contributed by atoms with Crippen LogP contribution >= 0.6 is 0 Å². The first-order valence-electron chi connectivity index (χ1n) is 8.61. The van der Waals surface area contributed by atoms with Crippen LogP contribution in [0, 0.1) is 0 Å². The topological polar surface area (TPSA) is 38.8 Å². The average molecular weight is 349 g/mol. The fraction of sp³-hybridized carbons (Fsp3) is 0.227. The van der Waals surface area contributed by atoms with Crippen molar-refractivity contribution in [2.75, 3.05) is 14.2 Å². The molecule has 26 heavy (non-hydrogen) atoms. The Morgan fingerprint density at radius 2 is 1.69 bits per heavy atom. The van der Waals surface area contributed by atoms with Gasteiger partial charge in [-0.3, -0.25) is 4.79 Å². The molecule has 134 valence electrons. The second-order valence-electron chi connectivity index (χ2n) is 6.28. The number of nitrogens with zero attached hydrogens (tertiary/aromatic N) is 1. The van der Waals surface area contributed by atoms with E-state index in [-0.39, 0.29) is 5.91 Å². The monoisotopic (exact) mass is 349 g/mol. The fourth-order valence-corrected chi connectivity index (χ4v) is 2.93. The Bertz CT molecular complexity index is 884. The molecular weight excluding hydrogens is 326 g/mol. The van der Waals surface area contributed by atoms with E-state index in [1.54, 1.807) is 26.0 Å². The maximum atomic E-state index is 12.7. The highest BCUT2D eigenvalue weighted by Crippen LogP contribution is 2.26. The van der Waals surface area contributed by atoms with Gasteiger partial charge in [-0.05, 0) is 36.1 Å². The Labute approximate surface area is 154 Å². The van der Waals surface area contributed by atoms with E-state index in [2.05, 4.69) is 0 Å². The molecule has 0 aliphatic rings. The van der Waals surface area contributed by atoms with E-state index in [9.17, 15) is 4.79 Å². The molecular formula is C22H23NO3. The molecule has 0 aliphatic heterocycles. The van der Waals surface area contributed by atoms with Gasteiger partial charge in [0.15, 0.2) is 6.10 Å². The van der Waals surface area contributed by atoms with Crippen molar-refractivity contribution in [2.24, 2.45) is 0 Å². The zero-order valence-corrected chi connectivity index (χ0v) is 15.3. The molecule has 3 rings (SSSR count). The van der Waals surface area contributed by atoms with Crippen molar-refractivity contribution in [1.82, 2.24) is 4.90 Å². The number of amides is 1. The number of carbonyl (C=O) groups is 1. The third-order valence-electron chi connectivity index (χ3n) is 4.36. The summed E-state index contributed by atoms with van der Waals surface area (Å²) in [5, 5.41) is 2.10. The quantitative estimate of drug-likeness (QED) is 0.667. The Balaban J connectivity index is 1.68. The van der Waals surface area contributed by atoms with Gasteiger partial charge in [-0.25, -0.2) is 0 Å². The van der Waals surface area contributed by atoms with Gasteiger partial charge in [0.05, 0.1) is 7.11 Å². The van der Waals surface area contributed by atoms with E-state index >= 15 is 0 Å². The molecule has 1 unspecified atom stereocenters. The predicted octanol–water partition coefficient (Wildman–Crippen LogP) is 4.27. The van der Waals surface area contributed by atoms with E-state index in [1.807, 2.05) is 66.7 Å². The summed E-state index contributed by atoms with van der Waals surface area (Å²) in [5.41, 5.74) is 1.04. The molecule has 0 saturated carbocycles. The summed E-state index contributed by atoms with van der Waals surface area (Å²) in [6.45, 7) is 2.31. The van der Waals surface area contributed by atoms with Gasteiger partial charge in [0, 0.05) is 19.0 Å². The molecule has 4 heteroatoms. The lowest BCUT2D eigenvalue weighted by Crippen LogP contribution is -2.37. The number of hydrogen-bond donors (Lipinski definition) is 0. The molecule has 0 radical (unpaired) electrons. The number of benzene rings is 3. The average Bonchev–Trinajstić information content (AvgIpc) is 2.68. The molecule has 3 aromatic carbocycles. The second kappa shape index (κ2) is 7.91. The number of methoxy groups -OCH3 is 1. The first kappa shape index (κ1) is 17.8. The van der Waals surface area contributed by atoms with Gasteiger partial charge < -0.3 is 14.4 Å². The Morgan fingerprint density at radius 1 is 1.00 bits per heavy atom. The van der Waals surface area contributed by atoms with Gasteiger partial charge in [-0.15, -0.1) is 0 Å². The van der Waals surface area contributed by atoms with Crippen LogP contribution in [0.2, 0.25) is 0 Å². The molecule has 4 nitrogen and oxygen atoms in total. The van der Waals surface area contributed by atoms with Crippen molar-refractivity contribution in [1.29, 1.82) is 0 Å². The number of rotatable bonds is 6. The summed E-state index contributed by atoms with van der Waals surface area (Å²) in [7, 11) is 3.42. The highest BCUT2D eigenvalue weighted by atomic mass is 16.5. The van der Waals surface area contributed by atoms with Gasteiger partial charge >= 0.3 is 0 Å². The molecule has 0 fully saturated rings. The largest absolute Gasteiger partial charge is 0.497 e. The SMILES string of the molecule is COc1ccc(CN(C)C(=O)C(C)Oc2cccc3ccccc23)cc1. The molecule has 3 aromatic rings. The Morgan fingerprint density at radius 3 is 2.42 bits per heavy atom. The molecule has 0 saturated heterocycles. The van der Waals surface area contributed by atoms with Crippen LogP contribution in [0.15, 0.2) is 66.7 Å². The Hall–Kier alpha value is -3.01. The first-order valence-corrected chi connectivity index (χ1v) is 8.61. The summed E-state index contributed by atoms with van der Waals surface area (Å²) in [5.74, 6) is 1.46. The van der Waals surface area contributed by atoms with E-state index in [0.29, 0.717) is 6.54 Å². The van der Waals surface area contributed by atoms with E-state index in [0.717, 1.165) is 27.8 Å². The highest BCUT2D eigenvalue weighted by molar-refractivity contribution is 5.89. The molecule has 0 aliphatic carbocycles. The molecule has 0 bridgehead atoms. The van der Waals surface area contributed by atoms with Crippen molar-refractivity contribution in [3.8, 4) is 11.5 Å². The zero-order chi connectivity index (χ0) is 18.5. The first-order chi connectivity index (χ1) is 12.6. The van der Waals surface area contributed by atoms with E-state index < -0.39 is 6.10 Å². The molecule has 1 atom stereocenters. The Kier molecular flexibility index (Phi) is 5.42. The van der Waals surface area contributed by atoms with Crippen molar-refractivity contribution < 1.29 is 14.3 Å². The van der Waals surface area contributed by atoms with Crippen LogP contribution in [0.4, 0.5) is 0 Å². The number of ether oxygens (including phenoxy) is 2. The predicted molar refractivity (Wildman–Crippen MR) is 104 cm³/mol. The summed E-state index contributed by atoms with van der Waals surface area (Å²) in [6, 6.07) is 21.6. The van der Waals surface area contributed by atoms with Crippen LogP contribution in [0.3, 0.4) is 0 Å². The van der Waals surface area contributed by atoms with Crippen LogP contribution in [0.5, 0.6) is 11.5 Å². The van der Waals surface area contributed by atoms with Crippen molar-refractivity contribution in [2.45, 2.75) is 19.6 Å². The second-order valence-corrected chi connectivity index (χ2v) is 6.28. The van der Waals surface area contributed by atoms with Gasteiger partial charge in [-0.1, -0.05) is 48.5 Å². The lowest BCUT2D eigenvalue weighted by Gasteiger charge is -2.23. The van der Waals surface area contributed by atoms with Gasteiger partial charge in [0.25, 0.3) is 5.91 Å². The fourth-order valence-electron chi connectivity index (χ4n) is 2.93. The van der Waals surface area contributed by atoms with Crippen molar-refractivity contribution >= 4 is 16.7 Å². The maximum absolute atomic E-state index is 12.7. The molecule has 0 N–H and O–H groups in total. The van der Waals surface area contributed by atoms with Crippen LogP contribution < -0.4 is 9.47 Å². The zero-order valence-electron chi connectivity index (χ0n) is 15.3. The van der Waals surface area contributed by atoms with Crippen LogP contribution in [0.25, 0.3) is 10.8 Å². The van der Waals surface area contributed by atoms with E-state index in [1.165, 1.54) is 0 Å². The third-order valence-corrected chi connectivity index (χ3v) is 4.36. The molecule has 0 heterocycles. The van der Waals surface area contributed by atoms with Gasteiger partial charge in [0.2, 0.25) is 0 Å². The van der Waals surface area contributed by atoms with Crippen LogP contribution in [-0.4, -0.2) is 31.1 Å². The summed E-state index contributed by atoms with van der Waals surface area (Å²) in [6.07, 6.45) is -0.566. The number of likely N-dealkylation sites (N-methyl/N-ethyl adjacent to an activating group) is 1. The highest BCUT2D eigenvalue weighted by Gasteiger charge is 2.20. The normalized spacial score (nSPS) is 11.8. The van der Waals surface area contributed by atoms with Crippen LogP contribution in [-0.2, 0) is 11.3 Å². The molecule has 0 aromatic heterocycles. The number of hydrogen-bond acceptors (Lipinski definition) is 3. The minimum Gasteiger partial charge on any atom is -0.497 e. The molecule has 0 spiro atoms. The maximum Gasteiger partial charge on any atom is 0.263 e. The molecule has 1 amide bonds. The van der Waals surface area contributed by atoms with Gasteiger partial charge in [-0.2, -0.15) is 0 Å². The summed E-state index contributed by atoms with van der Waals surface area (Å²) < 4.78 is 11.1. The summed E-state index contributed by atoms with van der Waals surface area (Å²) in [4.78, 5) is 14.4. The summed E-state index contributed by atoms with van der Waals surface area (Å²) >= 11 is 0.